The average molecular weight is 546 g/mol. The van der Waals surface area contributed by atoms with Crippen molar-refractivity contribution in [2.75, 3.05) is 5.32 Å². The fourth-order valence-electron chi connectivity index (χ4n) is 5.26. The quantitative estimate of drug-likeness (QED) is 0.231. The second-order valence-electron chi connectivity index (χ2n) is 10.6. The van der Waals surface area contributed by atoms with Gasteiger partial charge in [0.15, 0.2) is 0 Å². The Morgan fingerprint density at radius 3 is 2.28 bits per heavy atom. The highest BCUT2D eigenvalue weighted by molar-refractivity contribution is 7.98. The Kier molecular flexibility index (Phi) is 9.53. The molecule has 6 rings (SSSR count). The molecular formula is C31H39N5O2S. The van der Waals surface area contributed by atoms with E-state index in [9.17, 15) is 5.11 Å². The van der Waals surface area contributed by atoms with Gasteiger partial charge in [-0.15, -0.1) is 11.8 Å². The maximum atomic E-state index is 9.72. The van der Waals surface area contributed by atoms with Gasteiger partial charge in [0, 0.05) is 40.5 Å². The van der Waals surface area contributed by atoms with Crippen molar-refractivity contribution in [1.29, 1.82) is 0 Å². The molecule has 0 amide bonds. The minimum absolute atomic E-state index is 0.0604. The fraction of sp³-hybridized carbons (Fsp3) is 0.419. The van der Waals surface area contributed by atoms with Gasteiger partial charge >= 0.3 is 0 Å². The number of nitrogens with one attached hydrogen (secondary N) is 1. The van der Waals surface area contributed by atoms with Crippen molar-refractivity contribution >= 4 is 28.6 Å². The van der Waals surface area contributed by atoms with Crippen molar-refractivity contribution in [3.05, 3.63) is 78.6 Å². The molecule has 0 unspecified atom stereocenters. The summed E-state index contributed by atoms with van der Waals surface area (Å²) >= 11 is 1.86. The second kappa shape index (κ2) is 13.4. The van der Waals surface area contributed by atoms with E-state index < -0.39 is 0 Å². The van der Waals surface area contributed by atoms with Crippen molar-refractivity contribution in [3.8, 4) is 5.82 Å². The molecule has 0 saturated heterocycles. The lowest BCUT2D eigenvalue weighted by Gasteiger charge is -2.26. The zero-order valence-electron chi connectivity index (χ0n) is 22.3. The molecule has 2 saturated carbocycles. The van der Waals surface area contributed by atoms with Gasteiger partial charge < -0.3 is 25.8 Å². The van der Waals surface area contributed by atoms with Crippen LogP contribution in [0.5, 0.6) is 0 Å². The molecule has 5 N–H and O–H groups in total. The van der Waals surface area contributed by atoms with Crippen LogP contribution in [0, 0.1) is 0 Å². The molecule has 4 aromatic rings. The van der Waals surface area contributed by atoms with Crippen LogP contribution in [0.2, 0.25) is 0 Å². The van der Waals surface area contributed by atoms with Crippen LogP contribution in [-0.2, 0) is 5.75 Å². The van der Waals surface area contributed by atoms with Gasteiger partial charge in [0.25, 0.3) is 0 Å². The number of thioether (sulfide) groups is 1. The Labute approximate surface area is 234 Å². The van der Waals surface area contributed by atoms with Gasteiger partial charge in [-0.05, 0) is 81.2 Å². The van der Waals surface area contributed by atoms with Crippen LogP contribution in [0.3, 0.4) is 0 Å². The Morgan fingerprint density at radius 2 is 1.56 bits per heavy atom. The van der Waals surface area contributed by atoms with E-state index in [0.29, 0.717) is 18.0 Å². The lowest BCUT2D eigenvalue weighted by atomic mass is 9.93. The molecule has 2 aliphatic carbocycles. The molecule has 0 spiro atoms. The van der Waals surface area contributed by atoms with Gasteiger partial charge in [-0.2, -0.15) is 4.98 Å². The first-order chi connectivity index (χ1) is 19.0. The predicted octanol–water partition coefficient (Wildman–Crippen LogP) is 5.68. The van der Waals surface area contributed by atoms with Crippen LogP contribution in [-0.4, -0.2) is 49.0 Å². The minimum Gasteiger partial charge on any atom is -0.393 e. The Balaban J connectivity index is 0.000000332. The summed E-state index contributed by atoms with van der Waals surface area (Å²) in [5.74, 6) is 2.45. The number of aliphatic hydroxyl groups excluding tert-OH is 2. The van der Waals surface area contributed by atoms with Crippen LogP contribution >= 0.6 is 11.8 Å². The van der Waals surface area contributed by atoms with E-state index in [2.05, 4.69) is 75.7 Å². The van der Waals surface area contributed by atoms with Crippen molar-refractivity contribution in [1.82, 2.24) is 14.5 Å². The molecular weight excluding hydrogens is 506 g/mol. The largest absolute Gasteiger partial charge is 0.393 e. The SMILES string of the molecule is NC1CCC(O)CC1.OC1CCC(Nc2nccc(-n3ccc4c(SCc5ccccc5)cccc43)n2)CC1. The number of hydrogen-bond donors (Lipinski definition) is 4. The Hall–Kier alpha value is -2.91. The summed E-state index contributed by atoms with van der Waals surface area (Å²) in [5.41, 5.74) is 8.05. The number of fused-ring (bicyclic) bond motifs is 1. The van der Waals surface area contributed by atoms with Gasteiger partial charge in [-0.25, -0.2) is 4.98 Å². The van der Waals surface area contributed by atoms with E-state index >= 15 is 0 Å². The van der Waals surface area contributed by atoms with Crippen LogP contribution in [0.1, 0.15) is 56.9 Å². The first-order valence-electron chi connectivity index (χ1n) is 14.0. The summed E-state index contributed by atoms with van der Waals surface area (Å²) in [6.45, 7) is 0. The molecule has 2 aromatic heterocycles. The van der Waals surface area contributed by atoms with E-state index in [-0.39, 0.29) is 12.2 Å². The molecule has 39 heavy (non-hydrogen) atoms. The summed E-state index contributed by atoms with van der Waals surface area (Å²) in [5, 5.41) is 23.4. The first-order valence-corrected chi connectivity index (χ1v) is 15.0. The minimum atomic E-state index is -0.162. The average Bonchev–Trinajstić information content (AvgIpc) is 3.41. The lowest BCUT2D eigenvalue weighted by Crippen LogP contribution is -2.29. The molecule has 206 valence electrons. The third kappa shape index (κ3) is 7.60. The van der Waals surface area contributed by atoms with Crippen molar-refractivity contribution in [2.45, 2.75) is 86.3 Å². The van der Waals surface area contributed by atoms with E-state index in [1.165, 1.54) is 15.8 Å². The second-order valence-corrected chi connectivity index (χ2v) is 11.6. The molecule has 7 nitrogen and oxygen atoms in total. The van der Waals surface area contributed by atoms with Crippen LogP contribution in [0.25, 0.3) is 16.7 Å². The lowest BCUT2D eigenvalue weighted by molar-refractivity contribution is 0.123. The smallest absolute Gasteiger partial charge is 0.224 e. The summed E-state index contributed by atoms with van der Waals surface area (Å²) in [4.78, 5) is 10.5. The fourth-order valence-corrected chi connectivity index (χ4v) is 6.28. The summed E-state index contributed by atoms with van der Waals surface area (Å²) in [6.07, 6.45) is 11.0. The van der Waals surface area contributed by atoms with Crippen molar-refractivity contribution in [3.63, 3.8) is 0 Å². The van der Waals surface area contributed by atoms with Crippen LogP contribution in [0.4, 0.5) is 5.95 Å². The zero-order valence-corrected chi connectivity index (χ0v) is 23.1. The number of benzene rings is 2. The number of aromatic nitrogens is 3. The summed E-state index contributed by atoms with van der Waals surface area (Å²) in [6, 6.07) is 21.8. The summed E-state index contributed by atoms with van der Waals surface area (Å²) in [7, 11) is 0. The summed E-state index contributed by atoms with van der Waals surface area (Å²) < 4.78 is 2.12. The molecule has 2 heterocycles. The highest BCUT2D eigenvalue weighted by Gasteiger charge is 2.20. The normalized spacial score (nSPS) is 23.2. The maximum absolute atomic E-state index is 9.72. The monoisotopic (exact) mass is 545 g/mol. The maximum Gasteiger partial charge on any atom is 0.224 e. The van der Waals surface area contributed by atoms with Gasteiger partial charge in [0.1, 0.15) is 5.82 Å². The number of nitrogens with zero attached hydrogens (tertiary/aromatic N) is 3. The van der Waals surface area contributed by atoms with E-state index in [1.807, 2.05) is 24.0 Å². The molecule has 0 radical (unpaired) electrons. The van der Waals surface area contributed by atoms with Gasteiger partial charge in [-0.1, -0.05) is 36.4 Å². The zero-order chi connectivity index (χ0) is 27.0. The van der Waals surface area contributed by atoms with Crippen LogP contribution in [0.15, 0.2) is 78.0 Å². The molecule has 0 bridgehead atoms. The number of rotatable bonds is 6. The first kappa shape index (κ1) is 27.6. The van der Waals surface area contributed by atoms with Gasteiger partial charge in [0.05, 0.1) is 17.7 Å². The predicted molar refractivity (Wildman–Crippen MR) is 159 cm³/mol. The molecule has 2 aliphatic rings. The standard InChI is InChI=1S/C25H26N4OS.C6H13NO/c30-20-11-9-19(10-12-20)27-25-26-15-13-24(28-25)29-16-14-21-22(29)7-4-8-23(21)31-17-18-5-2-1-3-6-18;7-5-1-3-6(8)4-2-5/h1-8,13-16,19-20,30H,9-12,17H2,(H,26,27,28);5-6,8H,1-4,7H2. The molecule has 8 heteroatoms. The number of anilines is 1. The van der Waals surface area contributed by atoms with E-state index in [4.69, 9.17) is 15.8 Å². The number of aliphatic hydroxyl groups is 2. The topological polar surface area (TPSA) is 109 Å². The molecule has 0 atom stereocenters. The number of hydrogen-bond acceptors (Lipinski definition) is 7. The Morgan fingerprint density at radius 1 is 0.846 bits per heavy atom. The Bertz CT molecular complexity index is 1310. The van der Waals surface area contributed by atoms with Gasteiger partial charge in [0.2, 0.25) is 5.95 Å². The highest BCUT2D eigenvalue weighted by atomic mass is 32.2. The van der Waals surface area contributed by atoms with E-state index in [1.54, 1.807) is 0 Å². The van der Waals surface area contributed by atoms with Crippen molar-refractivity contribution in [2.24, 2.45) is 5.73 Å². The molecule has 2 aromatic carbocycles. The highest BCUT2D eigenvalue weighted by Crippen LogP contribution is 2.32. The third-order valence-corrected chi connectivity index (χ3v) is 8.73. The van der Waals surface area contributed by atoms with Crippen molar-refractivity contribution < 1.29 is 10.2 Å². The number of nitrogens with two attached hydrogens (primary N) is 1. The molecule has 0 aliphatic heterocycles. The molecule has 2 fully saturated rings. The third-order valence-electron chi connectivity index (χ3n) is 7.59. The van der Waals surface area contributed by atoms with Crippen LogP contribution < -0.4 is 11.1 Å². The van der Waals surface area contributed by atoms with Gasteiger partial charge in [-0.3, -0.25) is 0 Å². The van der Waals surface area contributed by atoms with E-state index in [0.717, 1.165) is 68.5 Å².